The van der Waals surface area contributed by atoms with Crippen LogP contribution >= 0.6 is 0 Å². The van der Waals surface area contributed by atoms with Crippen LogP contribution in [0.5, 0.6) is 0 Å². The Morgan fingerprint density at radius 1 is 1.42 bits per heavy atom. The number of hydrogen-bond acceptors (Lipinski definition) is 7. The predicted octanol–water partition coefficient (Wildman–Crippen LogP) is 1.47. The molecule has 1 aliphatic carbocycles. The molecule has 0 bridgehead atoms. The number of benzene rings is 1. The van der Waals surface area contributed by atoms with Gasteiger partial charge in [0.2, 0.25) is 16.0 Å². The van der Waals surface area contributed by atoms with Gasteiger partial charge in [-0.1, -0.05) is 0 Å². The summed E-state index contributed by atoms with van der Waals surface area (Å²) in [6, 6.07) is 4.84. The molecule has 31 heavy (non-hydrogen) atoms. The molecule has 1 fully saturated rings. The Balaban J connectivity index is 1.78. The van der Waals surface area contributed by atoms with E-state index in [1.165, 1.54) is 12.3 Å². The number of aliphatic imine (C=N–C) groups is 2. The van der Waals surface area contributed by atoms with Crippen molar-refractivity contribution in [2.24, 2.45) is 15.7 Å². The number of carbonyl (C=O) groups excluding carboxylic acids is 1. The number of nitrogens with one attached hydrogen (secondary N) is 1. The van der Waals surface area contributed by atoms with Crippen molar-refractivity contribution in [3.05, 3.63) is 35.5 Å². The topological polar surface area (TPSA) is 120 Å². The first kappa shape index (κ1) is 21.5. The van der Waals surface area contributed by atoms with Gasteiger partial charge in [-0.15, -0.1) is 0 Å². The summed E-state index contributed by atoms with van der Waals surface area (Å²) in [6.45, 7) is 4.76. The molecule has 1 atom stereocenters. The Labute approximate surface area is 182 Å². The van der Waals surface area contributed by atoms with Gasteiger partial charge in [-0.25, -0.2) is 13.1 Å². The Kier molecular flexibility index (Phi) is 5.38. The average Bonchev–Trinajstić information content (AvgIpc) is 3.45. The van der Waals surface area contributed by atoms with E-state index >= 15 is 0 Å². The van der Waals surface area contributed by atoms with E-state index in [-0.39, 0.29) is 23.4 Å². The molecule has 1 amide bonds. The lowest BCUT2D eigenvalue weighted by Crippen LogP contribution is -2.57. The fraction of sp³-hybridized carbons (Fsp3) is 0.476. The Morgan fingerprint density at radius 3 is 2.81 bits per heavy atom. The van der Waals surface area contributed by atoms with Crippen molar-refractivity contribution in [2.45, 2.75) is 49.6 Å². The summed E-state index contributed by atoms with van der Waals surface area (Å²) < 4.78 is 28.5. The highest BCUT2D eigenvalue weighted by atomic mass is 32.2. The fourth-order valence-electron chi connectivity index (χ4n) is 3.91. The molecule has 0 radical (unpaired) electrons. The van der Waals surface area contributed by atoms with Crippen LogP contribution in [0.4, 0.5) is 5.69 Å². The monoisotopic (exact) mass is 444 g/mol. The van der Waals surface area contributed by atoms with Crippen LogP contribution in [-0.4, -0.2) is 63.1 Å². The van der Waals surface area contributed by atoms with Crippen molar-refractivity contribution >= 4 is 33.8 Å². The summed E-state index contributed by atoms with van der Waals surface area (Å²) in [5, 5.41) is 0. The van der Waals surface area contributed by atoms with E-state index < -0.39 is 15.6 Å². The molecule has 2 aliphatic heterocycles. The molecule has 1 saturated carbocycles. The summed E-state index contributed by atoms with van der Waals surface area (Å²) in [7, 11) is -2.10. The van der Waals surface area contributed by atoms with Gasteiger partial charge < -0.3 is 10.6 Å². The van der Waals surface area contributed by atoms with Crippen molar-refractivity contribution in [3.8, 4) is 0 Å². The second-order valence-corrected chi connectivity index (χ2v) is 10.2. The molecule has 0 saturated heterocycles. The van der Waals surface area contributed by atoms with Gasteiger partial charge in [0, 0.05) is 43.2 Å². The number of carbonyl (C=O) groups is 1. The highest BCUT2D eigenvalue weighted by Gasteiger charge is 2.43. The SMILES string of the molecule is CN=CC(=CN)CN1C(=O)c2cc(S(=O)(=O)NC3(C)CC3)ccc2N2C1=NCC[C@H]2C. The second kappa shape index (κ2) is 7.76. The minimum absolute atomic E-state index is 0.0856. The van der Waals surface area contributed by atoms with Gasteiger partial charge in [0.1, 0.15) is 0 Å². The summed E-state index contributed by atoms with van der Waals surface area (Å²) in [6.07, 6.45) is 5.46. The largest absolute Gasteiger partial charge is 0.404 e. The Morgan fingerprint density at radius 2 is 2.16 bits per heavy atom. The molecule has 3 N–H and O–H groups in total. The minimum Gasteiger partial charge on any atom is -0.404 e. The average molecular weight is 445 g/mol. The van der Waals surface area contributed by atoms with E-state index in [2.05, 4.69) is 21.6 Å². The second-order valence-electron chi connectivity index (χ2n) is 8.55. The lowest BCUT2D eigenvalue weighted by atomic mass is 10.0. The lowest BCUT2D eigenvalue weighted by Gasteiger charge is -2.44. The van der Waals surface area contributed by atoms with E-state index in [0.29, 0.717) is 29.3 Å². The molecular weight excluding hydrogens is 416 g/mol. The van der Waals surface area contributed by atoms with Gasteiger partial charge in [0.05, 0.1) is 22.7 Å². The third-order valence-electron chi connectivity index (χ3n) is 5.94. The maximum atomic E-state index is 13.5. The molecule has 1 aromatic rings. The van der Waals surface area contributed by atoms with Gasteiger partial charge in [0.25, 0.3) is 5.91 Å². The van der Waals surface area contributed by atoms with Crippen molar-refractivity contribution in [3.63, 3.8) is 0 Å². The van der Waals surface area contributed by atoms with E-state index in [0.717, 1.165) is 19.3 Å². The van der Waals surface area contributed by atoms with Crippen LogP contribution in [0, 0.1) is 0 Å². The third kappa shape index (κ3) is 3.97. The Hall–Kier alpha value is -2.72. The molecule has 10 heteroatoms. The number of guanidine groups is 1. The zero-order valence-corrected chi connectivity index (χ0v) is 18.8. The van der Waals surface area contributed by atoms with Crippen LogP contribution in [0.3, 0.4) is 0 Å². The standard InChI is InChI=1S/C21H28N6O3S/c1-14-6-9-24-20-26(13-15(11-22)12-23-3)19(28)17-10-16(4-5-18(17)27(14)20)31(29,30)25-21(2)7-8-21/h4-5,10-12,14,25H,6-9,13,22H2,1-3H3/t14-/m1/s1. The highest BCUT2D eigenvalue weighted by Crippen LogP contribution is 2.38. The van der Waals surface area contributed by atoms with Crippen LogP contribution in [0.25, 0.3) is 0 Å². The minimum atomic E-state index is -3.73. The lowest BCUT2D eigenvalue weighted by molar-refractivity contribution is 0.0847. The van der Waals surface area contributed by atoms with Crippen molar-refractivity contribution < 1.29 is 13.2 Å². The van der Waals surface area contributed by atoms with Gasteiger partial charge in [-0.05, 0) is 51.3 Å². The number of nitrogens with two attached hydrogens (primary N) is 1. The number of nitrogens with zero attached hydrogens (tertiary/aromatic N) is 4. The van der Waals surface area contributed by atoms with Gasteiger partial charge in [-0.2, -0.15) is 0 Å². The molecule has 3 aliphatic rings. The number of anilines is 1. The van der Waals surface area contributed by atoms with E-state index in [1.807, 2.05) is 11.8 Å². The van der Waals surface area contributed by atoms with E-state index in [9.17, 15) is 13.2 Å². The molecule has 4 rings (SSSR count). The van der Waals surface area contributed by atoms with Crippen LogP contribution in [0.2, 0.25) is 0 Å². The molecule has 0 spiro atoms. The Bertz CT molecular complexity index is 1100. The summed E-state index contributed by atoms with van der Waals surface area (Å²) in [5.74, 6) is 0.247. The number of hydrogen-bond donors (Lipinski definition) is 2. The molecule has 1 aromatic carbocycles. The van der Waals surface area contributed by atoms with Crippen molar-refractivity contribution in [1.29, 1.82) is 0 Å². The summed E-state index contributed by atoms with van der Waals surface area (Å²) >= 11 is 0. The van der Waals surface area contributed by atoms with Gasteiger partial charge >= 0.3 is 0 Å². The molecule has 0 aromatic heterocycles. The molecular formula is C21H28N6O3S. The first-order valence-corrected chi connectivity index (χ1v) is 11.8. The summed E-state index contributed by atoms with van der Waals surface area (Å²) in [5.41, 5.74) is 6.99. The molecule has 2 heterocycles. The maximum Gasteiger partial charge on any atom is 0.263 e. The zero-order valence-electron chi connectivity index (χ0n) is 18.0. The quantitative estimate of drug-likeness (QED) is 0.644. The molecule has 9 nitrogen and oxygen atoms in total. The number of sulfonamides is 1. The van der Waals surface area contributed by atoms with Gasteiger partial charge in [-0.3, -0.25) is 19.7 Å². The van der Waals surface area contributed by atoms with Gasteiger partial charge in [0.15, 0.2) is 0 Å². The van der Waals surface area contributed by atoms with Crippen LogP contribution in [0.1, 0.15) is 43.5 Å². The van der Waals surface area contributed by atoms with E-state index in [4.69, 9.17) is 5.73 Å². The van der Waals surface area contributed by atoms with Crippen molar-refractivity contribution in [1.82, 2.24) is 9.62 Å². The van der Waals surface area contributed by atoms with Crippen LogP contribution < -0.4 is 15.4 Å². The first-order chi connectivity index (χ1) is 14.7. The highest BCUT2D eigenvalue weighted by molar-refractivity contribution is 7.89. The van der Waals surface area contributed by atoms with Crippen molar-refractivity contribution in [2.75, 3.05) is 25.0 Å². The molecule has 0 unspecified atom stereocenters. The number of fused-ring (bicyclic) bond motifs is 3. The third-order valence-corrected chi connectivity index (χ3v) is 7.58. The fourth-order valence-corrected chi connectivity index (χ4v) is 5.41. The van der Waals surface area contributed by atoms with Crippen LogP contribution in [0.15, 0.2) is 44.9 Å². The molecule has 166 valence electrons. The first-order valence-electron chi connectivity index (χ1n) is 10.4. The smallest absolute Gasteiger partial charge is 0.263 e. The maximum absolute atomic E-state index is 13.5. The summed E-state index contributed by atoms with van der Waals surface area (Å²) in [4.78, 5) is 25.7. The zero-order chi connectivity index (χ0) is 22.4. The predicted molar refractivity (Wildman–Crippen MR) is 121 cm³/mol. The normalized spacial score (nSPS) is 22.9. The van der Waals surface area contributed by atoms with Crippen LogP contribution in [-0.2, 0) is 10.0 Å². The number of amides is 1. The van der Waals surface area contributed by atoms with E-state index in [1.54, 1.807) is 30.3 Å². The number of rotatable bonds is 6.